The first-order valence-corrected chi connectivity index (χ1v) is 7.37. The van der Waals surface area contributed by atoms with Gasteiger partial charge in [-0.15, -0.1) is 0 Å². The normalized spacial score (nSPS) is 10.4. The van der Waals surface area contributed by atoms with Gasteiger partial charge in [0.15, 0.2) is 0 Å². The molecule has 0 unspecified atom stereocenters. The lowest BCUT2D eigenvalue weighted by molar-refractivity contribution is -0.116. The molecule has 1 N–H and O–H groups in total. The van der Waals surface area contributed by atoms with Crippen LogP contribution in [0.25, 0.3) is 0 Å². The second-order valence-corrected chi connectivity index (χ2v) is 5.15. The summed E-state index contributed by atoms with van der Waals surface area (Å²) >= 11 is 3.35. The fourth-order valence-electron chi connectivity index (χ4n) is 1.52. The molecule has 18 heavy (non-hydrogen) atoms. The zero-order valence-electron chi connectivity index (χ0n) is 10.9. The molecule has 1 rings (SSSR count). The number of hydrogen-bond acceptors (Lipinski definition) is 2. The van der Waals surface area contributed by atoms with Crippen LogP contribution in [0.2, 0.25) is 0 Å². The van der Waals surface area contributed by atoms with E-state index in [0.717, 1.165) is 29.6 Å². The smallest absolute Gasteiger partial charge is 0.224 e. The molecule has 0 atom stereocenters. The molecule has 0 saturated heterocycles. The maximum Gasteiger partial charge on any atom is 0.224 e. The van der Waals surface area contributed by atoms with E-state index < -0.39 is 0 Å². The Hall–Kier alpha value is -1.03. The van der Waals surface area contributed by atoms with Gasteiger partial charge in [0.25, 0.3) is 0 Å². The van der Waals surface area contributed by atoms with Crippen molar-refractivity contribution in [2.45, 2.75) is 39.2 Å². The number of benzene rings is 1. The Morgan fingerprint density at radius 3 is 2.72 bits per heavy atom. The van der Waals surface area contributed by atoms with E-state index in [2.05, 4.69) is 21.2 Å². The van der Waals surface area contributed by atoms with Crippen molar-refractivity contribution in [2.75, 3.05) is 10.6 Å². The number of amides is 1. The fraction of sp³-hybridized carbons (Fsp3) is 0.500. The van der Waals surface area contributed by atoms with Gasteiger partial charge >= 0.3 is 0 Å². The molecule has 1 aromatic carbocycles. The maximum atomic E-state index is 11.7. The molecule has 0 saturated carbocycles. The number of para-hydroxylation sites is 2. The lowest BCUT2D eigenvalue weighted by Gasteiger charge is -2.14. The van der Waals surface area contributed by atoms with Crippen LogP contribution >= 0.6 is 15.9 Å². The van der Waals surface area contributed by atoms with Crippen molar-refractivity contribution >= 4 is 27.5 Å². The summed E-state index contributed by atoms with van der Waals surface area (Å²) in [6.45, 7) is 3.93. The minimum absolute atomic E-state index is 0.0377. The molecule has 0 spiro atoms. The van der Waals surface area contributed by atoms with Crippen molar-refractivity contribution in [1.29, 1.82) is 0 Å². The van der Waals surface area contributed by atoms with E-state index in [1.54, 1.807) is 0 Å². The number of anilines is 1. The number of carbonyl (C=O) groups is 1. The van der Waals surface area contributed by atoms with Crippen LogP contribution in [-0.2, 0) is 4.79 Å². The van der Waals surface area contributed by atoms with E-state index in [0.29, 0.717) is 6.42 Å². The van der Waals surface area contributed by atoms with E-state index in [-0.39, 0.29) is 12.0 Å². The van der Waals surface area contributed by atoms with Crippen molar-refractivity contribution in [3.05, 3.63) is 24.3 Å². The zero-order valence-corrected chi connectivity index (χ0v) is 12.5. The van der Waals surface area contributed by atoms with Crippen LogP contribution in [0.4, 0.5) is 5.69 Å². The summed E-state index contributed by atoms with van der Waals surface area (Å²) in [5.41, 5.74) is 0.745. The highest BCUT2D eigenvalue weighted by Crippen LogP contribution is 2.25. The van der Waals surface area contributed by atoms with Crippen LogP contribution in [-0.4, -0.2) is 17.3 Å². The van der Waals surface area contributed by atoms with Crippen LogP contribution in [0.5, 0.6) is 5.75 Å². The molecule has 0 aliphatic rings. The zero-order chi connectivity index (χ0) is 13.4. The van der Waals surface area contributed by atoms with Crippen LogP contribution in [0.1, 0.15) is 33.1 Å². The molecular weight excluding hydrogens is 294 g/mol. The Balaban J connectivity index is 2.57. The molecule has 4 heteroatoms. The molecular formula is C14H20BrNO2. The monoisotopic (exact) mass is 313 g/mol. The second kappa shape index (κ2) is 8.14. The number of carbonyl (C=O) groups excluding carboxylic acids is 1. The molecule has 0 fully saturated rings. The molecule has 1 aromatic rings. The molecule has 1 amide bonds. The number of nitrogens with one attached hydrogen (secondary N) is 1. The quantitative estimate of drug-likeness (QED) is 0.611. The van der Waals surface area contributed by atoms with Gasteiger partial charge in [0.1, 0.15) is 5.75 Å². The lowest BCUT2D eigenvalue weighted by Crippen LogP contribution is -2.14. The Bertz CT molecular complexity index is 380. The van der Waals surface area contributed by atoms with Crippen LogP contribution in [0.15, 0.2) is 24.3 Å². The van der Waals surface area contributed by atoms with Gasteiger partial charge in [0, 0.05) is 11.8 Å². The summed E-state index contributed by atoms with van der Waals surface area (Å²) in [5.74, 6) is 0.761. The number of halogens is 1. The number of unbranched alkanes of at least 4 members (excludes halogenated alkanes) is 1. The Morgan fingerprint density at radius 2 is 2.06 bits per heavy atom. The van der Waals surface area contributed by atoms with Gasteiger partial charge in [-0.05, 0) is 38.8 Å². The third kappa shape index (κ3) is 5.54. The highest BCUT2D eigenvalue weighted by Gasteiger charge is 2.08. The van der Waals surface area contributed by atoms with Crippen molar-refractivity contribution < 1.29 is 9.53 Å². The first-order valence-electron chi connectivity index (χ1n) is 6.25. The van der Waals surface area contributed by atoms with Gasteiger partial charge in [-0.1, -0.05) is 28.1 Å². The minimum atomic E-state index is 0.0377. The van der Waals surface area contributed by atoms with Crippen molar-refractivity contribution in [2.24, 2.45) is 0 Å². The van der Waals surface area contributed by atoms with Crippen molar-refractivity contribution in [1.82, 2.24) is 0 Å². The van der Waals surface area contributed by atoms with Gasteiger partial charge in [-0.3, -0.25) is 4.79 Å². The third-order valence-electron chi connectivity index (χ3n) is 2.31. The van der Waals surface area contributed by atoms with E-state index >= 15 is 0 Å². The molecule has 0 radical (unpaired) electrons. The van der Waals surface area contributed by atoms with Crippen LogP contribution in [0, 0.1) is 0 Å². The summed E-state index contributed by atoms with van der Waals surface area (Å²) in [6, 6.07) is 7.52. The maximum absolute atomic E-state index is 11.7. The summed E-state index contributed by atoms with van der Waals surface area (Å²) in [7, 11) is 0. The van der Waals surface area contributed by atoms with Gasteiger partial charge in [0.2, 0.25) is 5.91 Å². The van der Waals surface area contributed by atoms with Crippen LogP contribution < -0.4 is 10.1 Å². The van der Waals surface area contributed by atoms with Crippen LogP contribution in [0.3, 0.4) is 0 Å². The van der Waals surface area contributed by atoms with E-state index in [1.165, 1.54) is 0 Å². The average molecular weight is 314 g/mol. The summed E-state index contributed by atoms with van der Waals surface area (Å²) < 4.78 is 5.65. The molecule has 0 bridgehead atoms. The fourth-order valence-corrected chi connectivity index (χ4v) is 1.92. The topological polar surface area (TPSA) is 38.3 Å². The number of ether oxygens (including phenoxy) is 1. The standard InChI is InChI=1S/C14H20BrNO2/c1-11(2)18-13-8-4-3-7-12(13)16-14(17)9-5-6-10-15/h3-4,7-8,11H,5-6,9-10H2,1-2H3,(H,16,17). The third-order valence-corrected chi connectivity index (χ3v) is 2.87. The SMILES string of the molecule is CC(C)Oc1ccccc1NC(=O)CCCCBr. The highest BCUT2D eigenvalue weighted by molar-refractivity contribution is 9.09. The predicted molar refractivity (Wildman–Crippen MR) is 78.5 cm³/mol. The molecule has 100 valence electrons. The summed E-state index contributed by atoms with van der Waals surface area (Å²) in [5, 5.41) is 3.83. The highest BCUT2D eigenvalue weighted by atomic mass is 79.9. The summed E-state index contributed by atoms with van der Waals surface area (Å²) in [4.78, 5) is 11.7. The number of alkyl halides is 1. The van der Waals surface area contributed by atoms with Crippen molar-refractivity contribution in [3.8, 4) is 5.75 Å². The Kier molecular flexibility index (Phi) is 6.80. The number of hydrogen-bond donors (Lipinski definition) is 1. The van der Waals surface area contributed by atoms with Gasteiger partial charge < -0.3 is 10.1 Å². The van der Waals surface area contributed by atoms with Crippen molar-refractivity contribution in [3.63, 3.8) is 0 Å². The van der Waals surface area contributed by atoms with E-state index in [4.69, 9.17) is 4.74 Å². The largest absolute Gasteiger partial charge is 0.489 e. The van der Waals surface area contributed by atoms with E-state index in [1.807, 2.05) is 38.1 Å². The Labute approximate surface area is 117 Å². The first kappa shape index (κ1) is 15.0. The predicted octanol–water partition coefficient (Wildman–Crippen LogP) is 3.98. The summed E-state index contributed by atoms with van der Waals surface area (Å²) in [6.07, 6.45) is 2.54. The lowest BCUT2D eigenvalue weighted by atomic mass is 10.2. The molecule has 3 nitrogen and oxygen atoms in total. The molecule has 0 aliphatic carbocycles. The van der Waals surface area contributed by atoms with Gasteiger partial charge in [-0.25, -0.2) is 0 Å². The Morgan fingerprint density at radius 1 is 1.33 bits per heavy atom. The average Bonchev–Trinajstić information content (AvgIpc) is 2.31. The first-order chi connectivity index (χ1) is 8.63. The van der Waals surface area contributed by atoms with E-state index in [9.17, 15) is 4.79 Å². The number of rotatable bonds is 7. The van der Waals surface area contributed by atoms with Gasteiger partial charge in [0.05, 0.1) is 11.8 Å². The van der Waals surface area contributed by atoms with Gasteiger partial charge in [-0.2, -0.15) is 0 Å². The molecule has 0 heterocycles. The minimum Gasteiger partial charge on any atom is -0.489 e. The molecule has 0 aromatic heterocycles. The molecule has 0 aliphatic heterocycles. The second-order valence-electron chi connectivity index (χ2n) is 4.36.